The molecule has 0 aliphatic heterocycles. The molecule has 0 N–H and O–H groups in total. The highest BCUT2D eigenvalue weighted by molar-refractivity contribution is 7.89. The summed E-state index contributed by atoms with van der Waals surface area (Å²) >= 11 is 7.57. The SMILES string of the molecule is O=S(=O)(c1cccc(Cl)c1)N(CCc1cccs1)Cc1ccco1. The van der Waals surface area contributed by atoms with E-state index in [1.807, 2.05) is 17.5 Å². The van der Waals surface area contributed by atoms with Crippen molar-refractivity contribution in [2.45, 2.75) is 17.9 Å². The van der Waals surface area contributed by atoms with Crippen LogP contribution < -0.4 is 0 Å². The Bertz CT molecular complexity index is 874. The van der Waals surface area contributed by atoms with Crippen molar-refractivity contribution in [1.29, 1.82) is 0 Å². The van der Waals surface area contributed by atoms with Crippen LogP contribution in [0.1, 0.15) is 10.6 Å². The molecule has 7 heteroatoms. The molecule has 0 spiro atoms. The summed E-state index contributed by atoms with van der Waals surface area (Å²) in [6, 6.07) is 13.8. The zero-order valence-electron chi connectivity index (χ0n) is 12.8. The molecule has 3 rings (SSSR count). The first-order chi connectivity index (χ1) is 11.6. The lowest BCUT2D eigenvalue weighted by Crippen LogP contribution is -2.32. The molecular weight excluding hydrogens is 366 g/mol. The summed E-state index contributed by atoms with van der Waals surface area (Å²) in [6.07, 6.45) is 2.19. The van der Waals surface area contributed by atoms with Gasteiger partial charge in [-0.2, -0.15) is 4.31 Å². The number of thiophene rings is 1. The van der Waals surface area contributed by atoms with E-state index >= 15 is 0 Å². The molecule has 0 bridgehead atoms. The third-order valence-corrected chi connectivity index (χ3v) is 6.55. The fraction of sp³-hybridized carbons (Fsp3) is 0.176. The van der Waals surface area contributed by atoms with Crippen molar-refractivity contribution < 1.29 is 12.8 Å². The maximum atomic E-state index is 13.0. The van der Waals surface area contributed by atoms with Crippen molar-refractivity contribution in [2.75, 3.05) is 6.54 Å². The Morgan fingerprint density at radius 1 is 1.12 bits per heavy atom. The van der Waals surface area contributed by atoms with Gasteiger partial charge in [-0.05, 0) is 48.2 Å². The topological polar surface area (TPSA) is 50.5 Å². The van der Waals surface area contributed by atoms with E-state index in [2.05, 4.69) is 0 Å². The minimum atomic E-state index is -3.66. The Balaban J connectivity index is 1.87. The molecule has 0 atom stereocenters. The van der Waals surface area contributed by atoms with Crippen LogP contribution >= 0.6 is 22.9 Å². The van der Waals surface area contributed by atoms with Crippen molar-refractivity contribution in [3.05, 3.63) is 75.8 Å². The third-order valence-electron chi connectivity index (χ3n) is 3.53. The molecule has 1 aromatic carbocycles. The van der Waals surface area contributed by atoms with Gasteiger partial charge in [-0.15, -0.1) is 11.3 Å². The van der Waals surface area contributed by atoms with Gasteiger partial charge in [0.1, 0.15) is 5.76 Å². The Hall–Kier alpha value is -1.60. The molecule has 2 aromatic heterocycles. The number of halogens is 1. The number of furan rings is 1. The quantitative estimate of drug-likeness (QED) is 0.608. The van der Waals surface area contributed by atoms with E-state index in [4.69, 9.17) is 16.0 Å². The van der Waals surface area contributed by atoms with Gasteiger partial charge >= 0.3 is 0 Å². The molecule has 0 unspecified atom stereocenters. The number of hydrogen-bond acceptors (Lipinski definition) is 4. The first kappa shape index (κ1) is 17.2. The summed E-state index contributed by atoms with van der Waals surface area (Å²) in [6.45, 7) is 0.559. The minimum absolute atomic E-state index is 0.188. The normalized spacial score (nSPS) is 11.9. The molecule has 0 radical (unpaired) electrons. The second-order valence-electron chi connectivity index (χ2n) is 5.20. The van der Waals surface area contributed by atoms with Gasteiger partial charge in [-0.25, -0.2) is 8.42 Å². The predicted molar refractivity (Wildman–Crippen MR) is 95.8 cm³/mol. The molecule has 0 fully saturated rings. The van der Waals surface area contributed by atoms with Crippen LogP contribution in [0.4, 0.5) is 0 Å². The number of sulfonamides is 1. The summed E-state index contributed by atoms with van der Waals surface area (Å²) in [4.78, 5) is 1.33. The second-order valence-corrected chi connectivity index (χ2v) is 8.61. The first-order valence-corrected chi connectivity index (χ1v) is 10.1. The largest absolute Gasteiger partial charge is 0.468 e. The zero-order valence-corrected chi connectivity index (χ0v) is 15.2. The molecule has 2 heterocycles. The fourth-order valence-electron chi connectivity index (χ4n) is 2.33. The van der Waals surface area contributed by atoms with Crippen LogP contribution in [0.25, 0.3) is 0 Å². The average Bonchev–Trinajstić information content (AvgIpc) is 3.25. The number of rotatable bonds is 7. The summed E-state index contributed by atoms with van der Waals surface area (Å²) in [5, 5.41) is 2.38. The zero-order chi connectivity index (χ0) is 17.0. The summed E-state index contributed by atoms with van der Waals surface area (Å²) in [7, 11) is -3.66. The van der Waals surface area contributed by atoms with Crippen LogP contribution in [0, 0.1) is 0 Å². The number of nitrogens with zero attached hydrogens (tertiary/aromatic N) is 1. The Morgan fingerprint density at radius 3 is 2.67 bits per heavy atom. The Kier molecular flexibility index (Phi) is 5.40. The molecular formula is C17H16ClNO3S2. The van der Waals surface area contributed by atoms with Crippen molar-refractivity contribution >= 4 is 33.0 Å². The molecule has 0 saturated carbocycles. The van der Waals surface area contributed by atoms with E-state index in [0.717, 1.165) is 4.88 Å². The third kappa shape index (κ3) is 4.08. The van der Waals surface area contributed by atoms with E-state index < -0.39 is 10.0 Å². The van der Waals surface area contributed by atoms with Crippen LogP contribution in [-0.2, 0) is 23.0 Å². The lowest BCUT2D eigenvalue weighted by molar-refractivity contribution is 0.366. The van der Waals surface area contributed by atoms with Crippen molar-refractivity contribution in [2.24, 2.45) is 0 Å². The van der Waals surface area contributed by atoms with Gasteiger partial charge in [-0.3, -0.25) is 0 Å². The Labute approximate surface area is 150 Å². The predicted octanol–water partition coefficient (Wildman–Crippen LogP) is 4.43. The van der Waals surface area contributed by atoms with Gasteiger partial charge in [0.15, 0.2) is 0 Å². The maximum Gasteiger partial charge on any atom is 0.243 e. The lowest BCUT2D eigenvalue weighted by Gasteiger charge is -2.21. The van der Waals surface area contributed by atoms with E-state index in [0.29, 0.717) is 23.7 Å². The van der Waals surface area contributed by atoms with E-state index in [1.54, 1.807) is 47.9 Å². The van der Waals surface area contributed by atoms with Crippen LogP contribution in [0.3, 0.4) is 0 Å². The van der Waals surface area contributed by atoms with Gasteiger partial charge in [0.2, 0.25) is 10.0 Å². The van der Waals surface area contributed by atoms with Crippen molar-refractivity contribution in [3.63, 3.8) is 0 Å². The van der Waals surface area contributed by atoms with Crippen molar-refractivity contribution in [3.8, 4) is 0 Å². The van der Waals surface area contributed by atoms with Gasteiger partial charge in [-0.1, -0.05) is 23.7 Å². The van der Waals surface area contributed by atoms with Crippen molar-refractivity contribution in [1.82, 2.24) is 4.31 Å². The van der Waals surface area contributed by atoms with Gasteiger partial charge < -0.3 is 4.42 Å². The number of hydrogen-bond donors (Lipinski definition) is 0. The minimum Gasteiger partial charge on any atom is -0.468 e. The molecule has 0 saturated heterocycles. The first-order valence-electron chi connectivity index (χ1n) is 7.36. The molecule has 0 aliphatic rings. The van der Waals surface area contributed by atoms with Crippen LogP contribution in [0.5, 0.6) is 0 Å². The standard InChI is InChI=1S/C17H16ClNO3S2/c18-14-4-1-7-17(12-14)24(20,21)19(13-15-5-2-10-22-15)9-8-16-6-3-11-23-16/h1-7,10-12H,8-9,13H2. The number of benzene rings is 1. The molecule has 0 amide bonds. The summed E-state index contributed by atoms with van der Waals surface area (Å²) < 4.78 is 32.8. The molecule has 3 aromatic rings. The van der Waals surface area contributed by atoms with Gasteiger partial charge in [0.05, 0.1) is 17.7 Å². The van der Waals surface area contributed by atoms with E-state index in [1.165, 1.54) is 10.4 Å². The molecule has 4 nitrogen and oxygen atoms in total. The summed E-state index contributed by atoms with van der Waals surface area (Å²) in [5.41, 5.74) is 0. The smallest absolute Gasteiger partial charge is 0.243 e. The highest BCUT2D eigenvalue weighted by Crippen LogP contribution is 2.22. The van der Waals surface area contributed by atoms with Gasteiger partial charge in [0, 0.05) is 16.4 Å². The monoisotopic (exact) mass is 381 g/mol. The van der Waals surface area contributed by atoms with E-state index in [-0.39, 0.29) is 11.4 Å². The fourth-order valence-corrected chi connectivity index (χ4v) is 4.73. The Morgan fingerprint density at radius 2 is 2.00 bits per heavy atom. The van der Waals surface area contributed by atoms with Crippen LogP contribution in [0.15, 0.2) is 69.5 Å². The highest BCUT2D eigenvalue weighted by atomic mass is 35.5. The van der Waals surface area contributed by atoms with Gasteiger partial charge in [0.25, 0.3) is 0 Å². The molecule has 0 aliphatic carbocycles. The van der Waals surface area contributed by atoms with Crippen LogP contribution in [0.2, 0.25) is 5.02 Å². The van der Waals surface area contributed by atoms with Crippen LogP contribution in [-0.4, -0.2) is 19.3 Å². The molecule has 24 heavy (non-hydrogen) atoms. The maximum absolute atomic E-state index is 13.0. The highest BCUT2D eigenvalue weighted by Gasteiger charge is 2.25. The second kappa shape index (κ2) is 7.53. The summed E-state index contributed by atoms with van der Waals surface area (Å²) in [5.74, 6) is 0.604. The lowest BCUT2D eigenvalue weighted by atomic mass is 10.3. The average molecular weight is 382 g/mol. The van der Waals surface area contributed by atoms with E-state index in [9.17, 15) is 8.42 Å². The molecule has 126 valence electrons.